The summed E-state index contributed by atoms with van der Waals surface area (Å²) in [5.41, 5.74) is 5.65. The number of hydrogen-bond acceptors (Lipinski definition) is 6. The predicted molar refractivity (Wildman–Crippen MR) is 55.4 cm³/mol. The number of aromatic nitrogens is 2. The third kappa shape index (κ3) is 2.40. The van der Waals surface area contributed by atoms with Gasteiger partial charge in [-0.1, -0.05) is 11.8 Å². The Kier molecular flexibility index (Phi) is 3.08. The Balaban J connectivity index is 2.09. The van der Waals surface area contributed by atoms with Gasteiger partial charge >= 0.3 is 0 Å². The highest BCUT2D eigenvalue weighted by molar-refractivity contribution is 7.99. The molecule has 0 spiro atoms. The first kappa shape index (κ1) is 10.3. The summed E-state index contributed by atoms with van der Waals surface area (Å²) in [6.07, 6.45) is 1.62. The molecular formula is C9H11N3O2S. The number of aryl methyl sites for hydroxylation is 1. The Morgan fingerprint density at radius 2 is 2.40 bits per heavy atom. The number of furan rings is 1. The average Bonchev–Trinajstić information content (AvgIpc) is 2.85. The molecule has 0 fully saturated rings. The molecule has 1 unspecified atom stereocenters. The van der Waals surface area contributed by atoms with Crippen molar-refractivity contribution in [3.8, 4) is 0 Å². The highest BCUT2D eigenvalue weighted by Crippen LogP contribution is 2.33. The van der Waals surface area contributed by atoms with Crippen LogP contribution in [0.5, 0.6) is 0 Å². The van der Waals surface area contributed by atoms with Crippen LogP contribution >= 0.6 is 11.8 Å². The van der Waals surface area contributed by atoms with Gasteiger partial charge in [0.2, 0.25) is 5.89 Å². The maximum Gasteiger partial charge on any atom is 0.277 e. The normalized spacial score (nSPS) is 12.9. The van der Waals surface area contributed by atoms with Gasteiger partial charge in [-0.05, 0) is 12.1 Å². The van der Waals surface area contributed by atoms with E-state index in [1.54, 1.807) is 13.2 Å². The quantitative estimate of drug-likeness (QED) is 0.799. The second-order valence-electron chi connectivity index (χ2n) is 2.94. The number of nitrogens with two attached hydrogens (primary N) is 1. The van der Waals surface area contributed by atoms with Crippen LogP contribution in [0.4, 0.5) is 0 Å². The van der Waals surface area contributed by atoms with Crippen LogP contribution in [-0.4, -0.2) is 16.7 Å². The van der Waals surface area contributed by atoms with Crippen LogP contribution in [0.1, 0.15) is 16.9 Å². The molecular weight excluding hydrogens is 214 g/mol. The third-order valence-electron chi connectivity index (χ3n) is 1.83. The summed E-state index contributed by atoms with van der Waals surface area (Å²) < 4.78 is 10.5. The van der Waals surface area contributed by atoms with E-state index in [0.717, 1.165) is 5.76 Å². The van der Waals surface area contributed by atoms with Crippen molar-refractivity contribution in [2.75, 3.05) is 6.54 Å². The molecule has 0 aromatic carbocycles. The average molecular weight is 225 g/mol. The Hall–Kier alpha value is -1.27. The molecule has 2 aromatic rings. The van der Waals surface area contributed by atoms with E-state index < -0.39 is 0 Å². The van der Waals surface area contributed by atoms with Gasteiger partial charge in [0, 0.05) is 13.5 Å². The van der Waals surface area contributed by atoms with E-state index in [1.807, 2.05) is 12.1 Å². The Bertz CT molecular complexity index is 413. The summed E-state index contributed by atoms with van der Waals surface area (Å²) in [6, 6.07) is 3.71. The maximum atomic E-state index is 5.65. The number of rotatable bonds is 4. The van der Waals surface area contributed by atoms with Crippen molar-refractivity contribution in [2.45, 2.75) is 17.4 Å². The fourth-order valence-corrected chi connectivity index (χ4v) is 1.99. The van der Waals surface area contributed by atoms with Gasteiger partial charge < -0.3 is 14.6 Å². The smallest absolute Gasteiger partial charge is 0.277 e. The molecule has 0 radical (unpaired) electrons. The molecule has 2 aromatic heterocycles. The van der Waals surface area contributed by atoms with E-state index in [9.17, 15) is 0 Å². The van der Waals surface area contributed by atoms with Gasteiger partial charge in [-0.3, -0.25) is 0 Å². The topological polar surface area (TPSA) is 78.1 Å². The van der Waals surface area contributed by atoms with Crippen LogP contribution in [0.3, 0.4) is 0 Å². The van der Waals surface area contributed by atoms with Gasteiger partial charge in [0.15, 0.2) is 0 Å². The van der Waals surface area contributed by atoms with Crippen LogP contribution in [0.15, 0.2) is 32.5 Å². The third-order valence-corrected chi connectivity index (χ3v) is 2.90. The van der Waals surface area contributed by atoms with Crippen molar-refractivity contribution in [1.29, 1.82) is 0 Å². The summed E-state index contributed by atoms with van der Waals surface area (Å²) >= 11 is 1.41. The molecule has 80 valence electrons. The molecule has 0 saturated carbocycles. The minimum Gasteiger partial charge on any atom is -0.468 e. The summed E-state index contributed by atoms with van der Waals surface area (Å²) in [6.45, 7) is 2.21. The Labute approximate surface area is 91.0 Å². The standard InChI is InChI=1S/C9H11N3O2S/c1-6-11-12-9(14-6)15-8(5-10)7-3-2-4-13-7/h2-4,8H,5,10H2,1H3. The Morgan fingerprint density at radius 3 is 2.93 bits per heavy atom. The molecule has 1 atom stereocenters. The summed E-state index contributed by atoms with van der Waals surface area (Å²) in [5, 5.41) is 8.17. The highest BCUT2D eigenvalue weighted by Gasteiger charge is 2.17. The van der Waals surface area contributed by atoms with E-state index in [4.69, 9.17) is 14.6 Å². The molecule has 0 amide bonds. The van der Waals surface area contributed by atoms with E-state index in [2.05, 4.69) is 10.2 Å². The number of nitrogens with zero attached hydrogens (tertiary/aromatic N) is 2. The van der Waals surface area contributed by atoms with E-state index in [-0.39, 0.29) is 5.25 Å². The number of hydrogen-bond donors (Lipinski definition) is 1. The molecule has 0 bridgehead atoms. The van der Waals surface area contributed by atoms with Gasteiger partial charge in [0.1, 0.15) is 5.76 Å². The van der Waals surface area contributed by atoms with E-state index >= 15 is 0 Å². The van der Waals surface area contributed by atoms with Crippen molar-refractivity contribution < 1.29 is 8.83 Å². The molecule has 0 aliphatic heterocycles. The lowest BCUT2D eigenvalue weighted by molar-refractivity contribution is 0.426. The molecule has 0 aliphatic carbocycles. The summed E-state index contributed by atoms with van der Waals surface area (Å²) in [4.78, 5) is 0. The first-order valence-corrected chi connectivity index (χ1v) is 5.38. The second kappa shape index (κ2) is 4.50. The van der Waals surface area contributed by atoms with Crippen LogP contribution < -0.4 is 5.73 Å². The van der Waals surface area contributed by atoms with Crippen molar-refractivity contribution in [2.24, 2.45) is 5.73 Å². The SMILES string of the molecule is Cc1nnc(SC(CN)c2ccco2)o1. The second-order valence-corrected chi connectivity index (χ2v) is 4.10. The summed E-state index contributed by atoms with van der Waals surface area (Å²) in [7, 11) is 0. The molecule has 2 N–H and O–H groups in total. The fraction of sp³-hybridized carbons (Fsp3) is 0.333. The van der Waals surface area contributed by atoms with E-state index in [0.29, 0.717) is 17.7 Å². The zero-order chi connectivity index (χ0) is 10.7. The first-order valence-electron chi connectivity index (χ1n) is 4.50. The maximum absolute atomic E-state index is 5.65. The van der Waals surface area contributed by atoms with Crippen molar-refractivity contribution >= 4 is 11.8 Å². The minimum atomic E-state index is 0.0137. The fourth-order valence-electron chi connectivity index (χ4n) is 1.14. The zero-order valence-corrected chi connectivity index (χ0v) is 9.03. The highest BCUT2D eigenvalue weighted by atomic mass is 32.2. The first-order chi connectivity index (χ1) is 7.29. The van der Waals surface area contributed by atoms with Gasteiger partial charge in [-0.15, -0.1) is 10.2 Å². The van der Waals surface area contributed by atoms with Gasteiger partial charge in [0.05, 0.1) is 11.5 Å². The van der Waals surface area contributed by atoms with Crippen LogP contribution in [0, 0.1) is 6.92 Å². The van der Waals surface area contributed by atoms with Gasteiger partial charge in [0.25, 0.3) is 5.22 Å². The molecule has 6 heteroatoms. The lowest BCUT2D eigenvalue weighted by Crippen LogP contribution is -2.08. The number of thioether (sulfide) groups is 1. The molecule has 5 nitrogen and oxygen atoms in total. The lowest BCUT2D eigenvalue weighted by Gasteiger charge is -2.07. The lowest BCUT2D eigenvalue weighted by atomic mass is 10.3. The van der Waals surface area contributed by atoms with Crippen molar-refractivity contribution in [3.05, 3.63) is 30.0 Å². The van der Waals surface area contributed by atoms with Gasteiger partial charge in [-0.2, -0.15) is 0 Å². The van der Waals surface area contributed by atoms with Crippen LogP contribution in [0.25, 0.3) is 0 Å². The minimum absolute atomic E-state index is 0.0137. The molecule has 0 aliphatic rings. The molecule has 2 rings (SSSR count). The largest absolute Gasteiger partial charge is 0.468 e. The van der Waals surface area contributed by atoms with Gasteiger partial charge in [-0.25, -0.2) is 0 Å². The van der Waals surface area contributed by atoms with E-state index in [1.165, 1.54) is 11.8 Å². The molecule has 15 heavy (non-hydrogen) atoms. The monoisotopic (exact) mass is 225 g/mol. The van der Waals surface area contributed by atoms with Crippen molar-refractivity contribution in [3.63, 3.8) is 0 Å². The molecule has 2 heterocycles. The zero-order valence-electron chi connectivity index (χ0n) is 8.21. The van der Waals surface area contributed by atoms with Crippen molar-refractivity contribution in [1.82, 2.24) is 10.2 Å². The Morgan fingerprint density at radius 1 is 1.53 bits per heavy atom. The van der Waals surface area contributed by atoms with Crippen LogP contribution in [0.2, 0.25) is 0 Å². The predicted octanol–water partition coefficient (Wildman–Crippen LogP) is 1.76. The van der Waals surface area contributed by atoms with Crippen LogP contribution in [-0.2, 0) is 0 Å². The molecule has 0 saturated heterocycles. The summed E-state index contributed by atoms with van der Waals surface area (Å²) in [5.74, 6) is 1.37.